The Bertz CT molecular complexity index is 508. The Hall–Kier alpha value is -1.75. The van der Waals surface area contributed by atoms with Crippen molar-refractivity contribution in [3.8, 4) is 0 Å². The first-order chi connectivity index (χ1) is 7.59. The van der Waals surface area contributed by atoms with Gasteiger partial charge in [-0.3, -0.25) is 0 Å². The summed E-state index contributed by atoms with van der Waals surface area (Å²) in [6, 6.07) is 2.45. The normalized spacial score (nSPS) is 12.8. The van der Waals surface area contributed by atoms with Crippen LogP contribution in [0.15, 0.2) is 30.6 Å². The van der Waals surface area contributed by atoms with E-state index in [1.165, 1.54) is 0 Å². The Kier molecular flexibility index (Phi) is 2.70. The summed E-state index contributed by atoms with van der Waals surface area (Å²) in [4.78, 5) is 4.01. The highest BCUT2D eigenvalue weighted by atomic mass is 19.1. The maximum atomic E-state index is 13.5. The van der Waals surface area contributed by atoms with Gasteiger partial charge in [-0.15, -0.1) is 0 Å². The Labute approximate surface area is 91.5 Å². The van der Waals surface area contributed by atoms with Crippen molar-refractivity contribution >= 4 is 0 Å². The zero-order chi connectivity index (χ0) is 11.7. The van der Waals surface area contributed by atoms with Gasteiger partial charge in [-0.05, 0) is 18.2 Å². The molecule has 2 rings (SSSR count). The Morgan fingerprint density at radius 3 is 2.75 bits per heavy atom. The fourth-order valence-corrected chi connectivity index (χ4v) is 1.57. The molecule has 0 aliphatic rings. The highest BCUT2D eigenvalue weighted by molar-refractivity contribution is 5.27. The van der Waals surface area contributed by atoms with Crippen molar-refractivity contribution < 1.29 is 8.78 Å². The second kappa shape index (κ2) is 4.02. The minimum Gasteiger partial charge on any atom is -0.336 e. The van der Waals surface area contributed by atoms with Gasteiger partial charge >= 0.3 is 0 Å². The standard InChI is InChI=1S/C11H11F2N3/c1-16-5-4-15-11(16)10(14)8-6-7(12)2-3-9(8)13/h2-6,10H,14H2,1H3. The minimum absolute atomic E-state index is 0.106. The molecule has 16 heavy (non-hydrogen) atoms. The van der Waals surface area contributed by atoms with Crippen LogP contribution in [-0.4, -0.2) is 9.55 Å². The van der Waals surface area contributed by atoms with Gasteiger partial charge < -0.3 is 10.3 Å². The van der Waals surface area contributed by atoms with E-state index in [9.17, 15) is 8.78 Å². The molecule has 1 aromatic heterocycles. The lowest BCUT2D eigenvalue weighted by molar-refractivity contribution is 0.568. The van der Waals surface area contributed by atoms with Gasteiger partial charge in [0, 0.05) is 25.0 Å². The maximum absolute atomic E-state index is 13.5. The second-order valence-electron chi connectivity index (χ2n) is 3.54. The van der Waals surface area contributed by atoms with Crippen LogP contribution in [0.2, 0.25) is 0 Å². The fourth-order valence-electron chi connectivity index (χ4n) is 1.57. The van der Waals surface area contributed by atoms with Crippen molar-refractivity contribution in [1.82, 2.24) is 9.55 Å². The SMILES string of the molecule is Cn1ccnc1C(N)c1cc(F)ccc1F. The minimum atomic E-state index is -0.768. The van der Waals surface area contributed by atoms with Gasteiger partial charge in [-0.2, -0.15) is 0 Å². The number of imidazole rings is 1. The van der Waals surface area contributed by atoms with Crippen molar-refractivity contribution in [2.24, 2.45) is 12.8 Å². The van der Waals surface area contributed by atoms with E-state index in [1.807, 2.05) is 0 Å². The van der Waals surface area contributed by atoms with Crippen molar-refractivity contribution in [3.05, 3.63) is 53.6 Å². The molecule has 2 N–H and O–H groups in total. The molecular weight excluding hydrogens is 212 g/mol. The molecule has 0 amide bonds. The van der Waals surface area contributed by atoms with Gasteiger partial charge in [0.1, 0.15) is 17.5 Å². The molecule has 1 heterocycles. The molecule has 0 spiro atoms. The third kappa shape index (κ3) is 1.81. The molecule has 2 aromatic rings. The summed E-state index contributed by atoms with van der Waals surface area (Å²) in [5.41, 5.74) is 5.95. The molecule has 1 unspecified atom stereocenters. The largest absolute Gasteiger partial charge is 0.336 e. The lowest BCUT2D eigenvalue weighted by atomic mass is 10.1. The molecule has 0 aliphatic heterocycles. The van der Waals surface area contributed by atoms with E-state index in [-0.39, 0.29) is 5.56 Å². The zero-order valence-electron chi connectivity index (χ0n) is 8.69. The van der Waals surface area contributed by atoms with Crippen LogP contribution in [0.4, 0.5) is 8.78 Å². The number of nitrogens with two attached hydrogens (primary N) is 1. The first kappa shape index (κ1) is 10.8. The molecule has 0 fully saturated rings. The Morgan fingerprint density at radius 1 is 1.38 bits per heavy atom. The molecular formula is C11H11F2N3. The highest BCUT2D eigenvalue weighted by Crippen LogP contribution is 2.21. The summed E-state index contributed by atoms with van der Waals surface area (Å²) in [7, 11) is 1.75. The molecule has 0 saturated heterocycles. The van der Waals surface area contributed by atoms with Crippen LogP contribution < -0.4 is 5.73 Å². The number of aromatic nitrogens is 2. The number of aryl methyl sites for hydroxylation is 1. The van der Waals surface area contributed by atoms with Gasteiger partial charge in [0.15, 0.2) is 0 Å². The topological polar surface area (TPSA) is 43.8 Å². The van der Waals surface area contributed by atoms with Crippen LogP contribution in [0.5, 0.6) is 0 Å². The van der Waals surface area contributed by atoms with E-state index < -0.39 is 17.7 Å². The average Bonchev–Trinajstić information content (AvgIpc) is 2.67. The zero-order valence-corrected chi connectivity index (χ0v) is 8.69. The van der Waals surface area contributed by atoms with Gasteiger partial charge in [0.05, 0.1) is 6.04 Å². The molecule has 1 atom stereocenters. The summed E-state index contributed by atoms with van der Waals surface area (Å²) in [5.74, 6) is -0.553. The number of nitrogens with zero attached hydrogens (tertiary/aromatic N) is 2. The van der Waals surface area contributed by atoms with Crippen molar-refractivity contribution in [1.29, 1.82) is 0 Å². The molecule has 0 saturated carbocycles. The molecule has 0 bridgehead atoms. The number of halogens is 2. The molecule has 3 nitrogen and oxygen atoms in total. The van der Waals surface area contributed by atoms with Crippen LogP contribution in [0.3, 0.4) is 0 Å². The van der Waals surface area contributed by atoms with Crippen LogP contribution in [0.1, 0.15) is 17.4 Å². The van der Waals surface area contributed by atoms with Crippen LogP contribution in [-0.2, 0) is 7.05 Å². The van der Waals surface area contributed by atoms with Crippen LogP contribution >= 0.6 is 0 Å². The smallest absolute Gasteiger partial charge is 0.130 e. The first-order valence-electron chi connectivity index (χ1n) is 4.77. The third-order valence-electron chi connectivity index (χ3n) is 2.43. The summed E-state index contributed by atoms with van der Waals surface area (Å²) in [6.07, 6.45) is 3.26. The Balaban J connectivity index is 2.45. The summed E-state index contributed by atoms with van der Waals surface area (Å²) in [6.45, 7) is 0. The number of hydrogen-bond acceptors (Lipinski definition) is 2. The summed E-state index contributed by atoms with van der Waals surface area (Å²) in [5, 5.41) is 0. The lowest BCUT2D eigenvalue weighted by Gasteiger charge is -2.12. The van der Waals surface area contributed by atoms with Crippen LogP contribution in [0.25, 0.3) is 0 Å². The third-order valence-corrected chi connectivity index (χ3v) is 2.43. The number of rotatable bonds is 2. The van der Waals surface area contributed by atoms with E-state index >= 15 is 0 Å². The number of hydrogen-bond donors (Lipinski definition) is 1. The van der Waals surface area contributed by atoms with Gasteiger partial charge in [0.25, 0.3) is 0 Å². The van der Waals surface area contributed by atoms with E-state index in [0.29, 0.717) is 5.82 Å². The molecule has 84 valence electrons. The summed E-state index contributed by atoms with van der Waals surface area (Å²) >= 11 is 0. The van der Waals surface area contributed by atoms with Gasteiger partial charge in [0.2, 0.25) is 0 Å². The molecule has 5 heteroatoms. The highest BCUT2D eigenvalue weighted by Gasteiger charge is 2.17. The van der Waals surface area contributed by atoms with Crippen molar-refractivity contribution in [3.63, 3.8) is 0 Å². The maximum Gasteiger partial charge on any atom is 0.130 e. The quantitative estimate of drug-likeness (QED) is 0.842. The van der Waals surface area contributed by atoms with Gasteiger partial charge in [-0.1, -0.05) is 0 Å². The fraction of sp³-hybridized carbons (Fsp3) is 0.182. The first-order valence-corrected chi connectivity index (χ1v) is 4.77. The predicted molar refractivity (Wildman–Crippen MR) is 55.6 cm³/mol. The van der Waals surface area contributed by atoms with E-state index in [1.54, 1.807) is 24.0 Å². The Morgan fingerprint density at radius 2 is 2.12 bits per heavy atom. The monoisotopic (exact) mass is 223 g/mol. The van der Waals surface area contributed by atoms with E-state index in [0.717, 1.165) is 18.2 Å². The molecule has 0 aliphatic carbocycles. The van der Waals surface area contributed by atoms with Gasteiger partial charge in [-0.25, -0.2) is 13.8 Å². The van der Waals surface area contributed by atoms with Crippen molar-refractivity contribution in [2.75, 3.05) is 0 Å². The van der Waals surface area contributed by atoms with E-state index in [2.05, 4.69) is 4.98 Å². The molecule has 0 radical (unpaired) electrons. The molecule has 1 aromatic carbocycles. The lowest BCUT2D eigenvalue weighted by Crippen LogP contribution is -2.18. The summed E-state index contributed by atoms with van der Waals surface area (Å²) < 4.78 is 28.1. The number of benzene rings is 1. The second-order valence-corrected chi connectivity index (χ2v) is 3.54. The average molecular weight is 223 g/mol. The van der Waals surface area contributed by atoms with Crippen molar-refractivity contribution in [2.45, 2.75) is 6.04 Å². The predicted octanol–water partition coefficient (Wildman–Crippen LogP) is 1.75. The van der Waals surface area contributed by atoms with Crippen LogP contribution in [0, 0.1) is 11.6 Å². The van der Waals surface area contributed by atoms with E-state index in [4.69, 9.17) is 5.73 Å².